The molecule has 122 valence electrons. The Morgan fingerprint density at radius 2 is 1.88 bits per heavy atom. The summed E-state index contributed by atoms with van der Waals surface area (Å²) < 4.78 is 0. The smallest absolute Gasteiger partial charge is 0.225 e. The lowest BCUT2D eigenvalue weighted by atomic mass is 9.75. The molecular weight excluding hydrogens is 342 g/mol. The summed E-state index contributed by atoms with van der Waals surface area (Å²) in [5.41, 5.74) is 2.39. The van der Waals surface area contributed by atoms with Gasteiger partial charge in [0.15, 0.2) is 5.78 Å². The first-order valence-corrected chi connectivity index (χ1v) is 9.23. The van der Waals surface area contributed by atoms with Crippen molar-refractivity contribution in [1.82, 2.24) is 5.32 Å². The standard InChI is InChI=1S/C19H16ClNO2S/c20-14-5-2-1-4-12(14)13-10-18(23)21-15-8-11(9-16(22)19(13)15)17-6-3-7-24-17/h1-7,11,13H,8-10H2,(H,21,23). The van der Waals surface area contributed by atoms with E-state index in [1.54, 1.807) is 11.3 Å². The zero-order chi connectivity index (χ0) is 16.7. The lowest BCUT2D eigenvalue weighted by molar-refractivity contribution is -0.122. The average Bonchev–Trinajstić information content (AvgIpc) is 3.08. The highest BCUT2D eigenvalue weighted by Crippen LogP contribution is 2.44. The minimum absolute atomic E-state index is 0.0432. The summed E-state index contributed by atoms with van der Waals surface area (Å²) in [4.78, 5) is 26.3. The summed E-state index contributed by atoms with van der Waals surface area (Å²) in [7, 11) is 0. The first kappa shape index (κ1) is 15.6. The van der Waals surface area contributed by atoms with E-state index in [9.17, 15) is 9.59 Å². The van der Waals surface area contributed by atoms with Crippen LogP contribution in [0.4, 0.5) is 0 Å². The molecular formula is C19H16ClNO2S. The van der Waals surface area contributed by atoms with Crippen molar-refractivity contribution in [2.75, 3.05) is 0 Å². The highest BCUT2D eigenvalue weighted by molar-refractivity contribution is 7.10. The number of carbonyl (C=O) groups is 2. The van der Waals surface area contributed by atoms with Crippen LogP contribution in [0.3, 0.4) is 0 Å². The highest BCUT2D eigenvalue weighted by Gasteiger charge is 2.38. The Kier molecular flexibility index (Phi) is 4.02. The number of allylic oxidation sites excluding steroid dienone is 2. The molecule has 2 atom stereocenters. The van der Waals surface area contributed by atoms with Gasteiger partial charge in [0.1, 0.15) is 0 Å². The number of carbonyl (C=O) groups excluding carboxylic acids is 2. The summed E-state index contributed by atoms with van der Waals surface area (Å²) in [6.07, 6.45) is 1.47. The second-order valence-corrected chi connectivity index (χ2v) is 7.65. The van der Waals surface area contributed by atoms with Gasteiger partial charge in [-0.1, -0.05) is 35.9 Å². The number of benzene rings is 1. The second-order valence-electron chi connectivity index (χ2n) is 6.26. The molecule has 2 aliphatic rings. The molecule has 2 aromatic rings. The summed E-state index contributed by atoms with van der Waals surface area (Å²) in [5, 5.41) is 5.57. The number of amides is 1. The van der Waals surface area contributed by atoms with Gasteiger partial charge < -0.3 is 5.32 Å². The Bertz CT molecular complexity index is 841. The summed E-state index contributed by atoms with van der Waals surface area (Å²) in [6.45, 7) is 0. The Hall–Kier alpha value is -1.91. The maximum atomic E-state index is 12.9. The molecule has 0 radical (unpaired) electrons. The molecule has 1 aromatic heterocycles. The number of nitrogens with one attached hydrogen (secondary N) is 1. The van der Waals surface area contributed by atoms with Crippen LogP contribution in [-0.2, 0) is 9.59 Å². The lowest BCUT2D eigenvalue weighted by Crippen LogP contribution is -2.38. The Balaban J connectivity index is 1.76. The van der Waals surface area contributed by atoms with Crippen LogP contribution >= 0.6 is 22.9 Å². The Morgan fingerprint density at radius 3 is 2.62 bits per heavy atom. The van der Waals surface area contributed by atoms with Gasteiger partial charge in [-0.05, 0) is 29.5 Å². The van der Waals surface area contributed by atoms with Gasteiger partial charge in [-0.2, -0.15) is 0 Å². The molecule has 3 nitrogen and oxygen atoms in total. The van der Waals surface area contributed by atoms with Crippen molar-refractivity contribution in [3.8, 4) is 0 Å². The van der Waals surface area contributed by atoms with Crippen LogP contribution in [0.25, 0.3) is 0 Å². The molecule has 0 fully saturated rings. The zero-order valence-electron chi connectivity index (χ0n) is 12.9. The van der Waals surface area contributed by atoms with Crippen molar-refractivity contribution in [1.29, 1.82) is 0 Å². The number of Topliss-reactive ketones (excluding diaryl/α,β-unsaturated/α-hetero) is 1. The Labute approximate surface area is 149 Å². The number of ketones is 1. The minimum atomic E-state index is -0.237. The monoisotopic (exact) mass is 357 g/mol. The molecule has 1 aliphatic carbocycles. The fourth-order valence-electron chi connectivity index (χ4n) is 3.71. The first-order chi connectivity index (χ1) is 11.6. The molecule has 24 heavy (non-hydrogen) atoms. The molecule has 5 heteroatoms. The van der Waals surface area contributed by atoms with Crippen molar-refractivity contribution in [2.45, 2.75) is 31.1 Å². The summed E-state index contributed by atoms with van der Waals surface area (Å²) in [6, 6.07) is 11.5. The van der Waals surface area contributed by atoms with E-state index >= 15 is 0 Å². The molecule has 1 amide bonds. The van der Waals surface area contributed by atoms with Crippen LogP contribution in [0.2, 0.25) is 5.02 Å². The zero-order valence-corrected chi connectivity index (χ0v) is 14.5. The normalized spacial score (nSPS) is 23.9. The minimum Gasteiger partial charge on any atom is -0.329 e. The van der Waals surface area contributed by atoms with E-state index in [0.717, 1.165) is 16.8 Å². The van der Waals surface area contributed by atoms with Crippen molar-refractivity contribution in [2.24, 2.45) is 0 Å². The van der Waals surface area contributed by atoms with Crippen LogP contribution in [0.5, 0.6) is 0 Å². The predicted octanol–water partition coefficient (Wildman–Crippen LogP) is 4.41. The van der Waals surface area contributed by atoms with E-state index in [1.165, 1.54) is 4.88 Å². The van der Waals surface area contributed by atoms with E-state index in [1.807, 2.05) is 35.7 Å². The maximum absolute atomic E-state index is 12.9. The molecule has 0 saturated heterocycles. The topological polar surface area (TPSA) is 46.2 Å². The van der Waals surface area contributed by atoms with Gasteiger partial charge in [-0.3, -0.25) is 9.59 Å². The number of halogens is 1. The van der Waals surface area contributed by atoms with E-state index < -0.39 is 0 Å². The molecule has 2 unspecified atom stereocenters. The van der Waals surface area contributed by atoms with Gasteiger partial charge in [0.25, 0.3) is 0 Å². The van der Waals surface area contributed by atoms with Gasteiger partial charge in [-0.15, -0.1) is 11.3 Å². The molecule has 1 aliphatic heterocycles. The maximum Gasteiger partial charge on any atom is 0.225 e. The van der Waals surface area contributed by atoms with Gasteiger partial charge in [0, 0.05) is 45.8 Å². The van der Waals surface area contributed by atoms with Crippen molar-refractivity contribution < 1.29 is 9.59 Å². The second kappa shape index (κ2) is 6.19. The third-order valence-electron chi connectivity index (χ3n) is 4.76. The molecule has 4 rings (SSSR count). The summed E-state index contributed by atoms with van der Waals surface area (Å²) in [5.74, 6) is -0.00125. The van der Waals surface area contributed by atoms with Crippen LogP contribution in [0, 0.1) is 0 Å². The molecule has 0 spiro atoms. The third kappa shape index (κ3) is 2.70. The quantitative estimate of drug-likeness (QED) is 0.865. The van der Waals surface area contributed by atoms with Crippen LogP contribution < -0.4 is 5.32 Å². The van der Waals surface area contributed by atoms with E-state index in [-0.39, 0.29) is 29.9 Å². The first-order valence-electron chi connectivity index (χ1n) is 7.97. The highest BCUT2D eigenvalue weighted by atomic mass is 35.5. The largest absolute Gasteiger partial charge is 0.329 e. The van der Waals surface area contributed by atoms with E-state index in [2.05, 4.69) is 11.4 Å². The van der Waals surface area contributed by atoms with E-state index in [0.29, 0.717) is 17.9 Å². The number of thiophene rings is 1. The summed E-state index contributed by atoms with van der Waals surface area (Å²) >= 11 is 7.99. The molecule has 0 bridgehead atoms. The molecule has 1 aromatic carbocycles. The number of hydrogen-bond donors (Lipinski definition) is 1. The molecule has 0 saturated carbocycles. The average molecular weight is 358 g/mol. The van der Waals surface area contributed by atoms with Gasteiger partial charge in [-0.25, -0.2) is 0 Å². The van der Waals surface area contributed by atoms with Crippen molar-refractivity contribution in [3.63, 3.8) is 0 Å². The van der Waals surface area contributed by atoms with Crippen molar-refractivity contribution >= 4 is 34.6 Å². The third-order valence-corrected chi connectivity index (χ3v) is 6.14. The fraction of sp³-hybridized carbons (Fsp3) is 0.263. The van der Waals surface area contributed by atoms with Gasteiger partial charge in [0.2, 0.25) is 5.91 Å². The SMILES string of the molecule is O=C1CC(c2ccccc2Cl)C2=C(CC(c3cccs3)CC2=O)N1. The van der Waals surface area contributed by atoms with Crippen molar-refractivity contribution in [3.05, 3.63) is 68.5 Å². The fourth-order valence-corrected chi connectivity index (χ4v) is 4.81. The van der Waals surface area contributed by atoms with Crippen LogP contribution in [0.1, 0.15) is 41.5 Å². The van der Waals surface area contributed by atoms with Gasteiger partial charge >= 0.3 is 0 Å². The molecule has 1 N–H and O–H groups in total. The number of rotatable bonds is 2. The predicted molar refractivity (Wildman–Crippen MR) is 95.3 cm³/mol. The lowest BCUT2D eigenvalue weighted by Gasteiger charge is -2.34. The van der Waals surface area contributed by atoms with E-state index in [4.69, 9.17) is 11.6 Å². The van der Waals surface area contributed by atoms with Gasteiger partial charge in [0.05, 0.1) is 0 Å². The van der Waals surface area contributed by atoms with Crippen LogP contribution in [-0.4, -0.2) is 11.7 Å². The van der Waals surface area contributed by atoms with Crippen LogP contribution in [0.15, 0.2) is 53.0 Å². The molecule has 2 heterocycles. The Morgan fingerprint density at radius 1 is 1.04 bits per heavy atom. The number of hydrogen-bond acceptors (Lipinski definition) is 3.